The van der Waals surface area contributed by atoms with Crippen molar-refractivity contribution >= 4 is 28.6 Å². The maximum atomic E-state index is 11.9. The van der Waals surface area contributed by atoms with Crippen LogP contribution in [0.25, 0.3) is 10.9 Å². The molecule has 1 amide bonds. The van der Waals surface area contributed by atoms with Crippen LogP contribution in [0.4, 0.5) is 5.82 Å². The van der Waals surface area contributed by atoms with E-state index in [0.717, 1.165) is 10.9 Å². The van der Waals surface area contributed by atoms with Crippen molar-refractivity contribution in [3.8, 4) is 0 Å². The predicted octanol–water partition coefficient (Wildman–Crippen LogP) is 1.01. The van der Waals surface area contributed by atoms with Gasteiger partial charge in [-0.05, 0) is 18.2 Å². The van der Waals surface area contributed by atoms with Crippen LogP contribution in [0.2, 0.25) is 0 Å². The minimum Gasteiger partial charge on any atom is -0.481 e. The van der Waals surface area contributed by atoms with Crippen molar-refractivity contribution in [3.63, 3.8) is 0 Å². The monoisotopic (exact) mass is 285 g/mol. The second-order valence-corrected chi connectivity index (χ2v) is 4.96. The molecule has 1 aliphatic rings. The summed E-state index contributed by atoms with van der Waals surface area (Å²) in [5, 5.41) is 12.7. The number of benzene rings is 1. The number of rotatable bonds is 3. The molecule has 2 heterocycles. The van der Waals surface area contributed by atoms with E-state index in [1.54, 1.807) is 4.90 Å². The summed E-state index contributed by atoms with van der Waals surface area (Å²) in [6.45, 7) is 1.04. The van der Waals surface area contributed by atoms with E-state index in [4.69, 9.17) is 5.11 Å². The van der Waals surface area contributed by atoms with Crippen molar-refractivity contribution in [1.29, 1.82) is 0 Å². The molecule has 21 heavy (non-hydrogen) atoms. The van der Waals surface area contributed by atoms with Crippen molar-refractivity contribution in [3.05, 3.63) is 36.4 Å². The lowest BCUT2D eigenvalue weighted by Crippen LogP contribution is -2.56. The van der Waals surface area contributed by atoms with Crippen LogP contribution in [0.3, 0.4) is 0 Å². The highest BCUT2D eigenvalue weighted by Crippen LogP contribution is 2.22. The Balaban J connectivity index is 1.97. The summed E-state index contributed by atoms with van der Waals surface area (Å²) in [4.78, 5) is 29.2. The van der Waals surface area contributed by atoms with Gasteiger partial charge in [0.2, 0.25) is 5.91 Å². The second kappa shape index (κ2) is 5.40. The van der Waals surface area contributed by atoms with Gasteiger partial charge in [-0.1, -0.05) is 18.2 Å². The number of hydrogen-bond donors (Lipinski definition) is 2. The Hall–Kier alpha value is -2.63. The van der Waals surface area contributed by atoms with E-state index in [1.807, 2.05) is 36.4 Å². The summed E-state index contributed by atoms with van der Waals surface area (Å²) in [7, 11) is 0. The maximum Gasteiger partial charge on any atom is 0.305 e. The summed E-state index contributed by atoms with van der Waals surface area (Å²) < 4.78 is 0. The standard InChI is InChI=1S/C15H15N3O3/c19-14(20)9-12-15(21)16-7-8-18(12)13-6-5-10-3-1-2-4-11(10)17-13/h1-6,12H,7-9H2,(H,16,21)(H,19,20). The molecule has 0 bridgehead atoms. The molecule has 1 saturated heterocycles. The van der Waals surface area contributed by atoms with E-state index in [2.05, 4.69) is 10.3 Å². The first-order valence-corrected chi connectivity index (χ1v) is 6.77. The van der Waals surface area contributed by atoms with Gasteiger partial charge in [-0.25, -0.2) is 4.98 Å². The van der Waals surface area contributed by atoms with Gasteiger partial charge in [0.1, 0.15) is 11.9 Å². The predicted molar refractivity (Wildman–Crippen MR) is 78.1 cm³/mol. The first-order chi connectivity index (χ1) is 10.1. The zero-order chi connectivity index (χ0) is 14.8. The summed E-state index contributed by atoms with van der Waals surface area (Å²) in [6, 6.07) is 10.7. The molecule has 2 N–H and O–H groups in total. The second-order valence-electron chi connectivity index (χ2n) is 4.96. The maximum absolute atomic E-state index is 11.9. The Morgan fingerprint density at radius 2 is 2.14 bits per heavy atom. The highest BCUT2D eigenvalue weighted by atomic mass is 16.4. The lowest BCUT2D eigenvalue weighted by molar-refractivity contribution is -0.139. The lowest BCUT2D eigenvalue weighted by atomic mass is 10.1. The van der Waals surface area contributed by atoms with E-state index in [-0.39, 0.29) is 12.3 Å². The van der Waals surface area contributed by atoms with Gasteiger partial charge >= 0.3 is 5.97 Å². The van der Waals surface area contributed by atoms with Gasteiger partial charge in [0, 0.05) is 18.5 Å². The Kier molecular flexibility index (Phi) is 3.43. The number of para-hydroxylation sites is 1. The van der Waals surface area contributed by atoms with Gasteiger partial charge in [0.05, 0.1) is 11.9 Å². The molecule has 1 atom stereocenters. The third-order valence-corrected chi connectivity index (χ3v) is 3.58. The summed E-state index contributed by atoms with van der Waals surface area (Å²) in [5.74, 6) is -0.628. The van der Waals surface area contributed by atoms with Gasteiger partial charge < -0.3 is 15.3 Å². The minimum atomic E-state index is -0.997. The van der Waals surface area contributed by atoms with Crippen molar-refractivity contribution in [2.24, 2.45) is 0 Å². The van der Waals surface area contributed by atoms with E-state index in [0.29, 0.717) is 18.9 Å². The zero-order valence-electron chi connectivity index (χ0n) is 11.3. The number of carboxylic acids is 1. The molecule has 1 aromatic heterocycles. The number of pyridine rings is 1. The molecule has 6 heteroatoms. The van der Waals surface area contributed by atoms with E-state index < -0.39 is 12.0 Å². The van der Waals surface area contributed by atoms with Gasteiger partial charge in [-0.3, -0.25) is 9.59 Å². The molecular formula is C15H15N3O3. The molecule has 1 fully saturated rings. The topological polar surface area (TPSA) is 82.5 Å². The number of hydrogen-bond acceptors (Lipinski definition) is 4. The van der Waals surface area contributed by atoms with Gasteiger partial charge in [-0.2, -0.15) is 0 Å². The van der Waals surface area contributed by atoms with Crippen LogP contribution in [0.1, 0.15) is 6.42 Å². The SMILES string of the molecule is O=C(O)CC1C(=O)NCCN1c1ccc2ccccc2n1. The molecule has 1 unspecified atom stereocenters. The number of amides is 1. The minimum absolute atomic E-state index is 0.236. The fraction of sp³-hybridized carbons (Fsp3) is 0.267. The van der Waals surface area contributed by atoms with E-state index >= 15 is 0 Å². The number of anilines is 1. The number of carbonyl (C=O) groups is 2. The highest BCUT2D eigenvalue weighted by molar-refractivity contribution is 5.90. The van der Waals surface area contributed by atoms with Crippen LogP contribution in [0.5, 0.6) is 0 Å². The molecule has 1 aliphatic heterocycles. The quantitative estimate of drug-likeness (QED) is 0.879. The van der Waals surface area contributed by atoms with Gasteiger partial charge in [0.15, 0.2) is 0 Å². The Labute approximate surface area is 121 Å². The zero-order valence-corrected chi connectivity index (χ0v) is 11.3. The van der Waals surface area contributed by atoms with Gasteiger partial charge in [0.25, 0.3) is 0 Å². The largest absolute Gasteiger partial charge is 0.481 e. The fourth-order valence-electron chi connectivity index (χ4n) is 2.57. The van der Waals surface area contributed by atoms with Crippen molar-refractivity contribution in [2.45, 2.75) is 12.5 Å². The molecule has 1 aromatic carbocycles. The Morgan fingerprint density at radius 3 is 2.95 bits per heavy atom. The van der Waals surface area contributed by atoms with Crippen LogP contribution in [-0.4, -0.2) is 41.1 Å². The van der Waals surface area contributed by atoms with Crippen molar-refractivity contribution in [1.82, 2.24) is 10.3 Å². The number of piperazine rings is 1. The smallest absolute Gasteiger partial charge is 0.305 e. The van der Waals surface area contributed by atoms with Crippen molar-refractivity contribution < 1.29 is 14.7 Å². The summed E-state index contributed by atoms with van der Waals surface area (Å²) in [6.07, 6.45) is -0.236. The average molecular weight is 285 g/mol. The van der Waals surface area contributed by atoms with Crippen LogP contribution in [0.15, 0.2) is 36.4 Å². The number of carbonyl (C=O) groups excluding carboxylic acids is 1. The van der Waals surface area contributed by atoms with E-state index in [1.165, 1.54) is 0 Å². The third-order valence-electron chi connectivity index (χ3n) is 3.58. The number of aromatic nitrogens is 1. The highest BCUT2D eigenvalue weighted by Gasteiger charge is 2.32. The normalized spacial score (nSPS) is 18.6. The summed E-state index contributed by atoms with van der Waals surface area (Å²) >= 11 is 0. The molecule has 3 rings (SSSR count). The number of fused-ring (bicyclic) bond motifs is 1. The third kappa shape index (κ3) is 2.65. The number of nitrogens with one attached hydrogen (secondary N) is 1. The number of nitrogens with zero attached hydrogens (tertiary/aromatic N) is 2. The number of carboxylic acid groups (broad SMARTS) is 1. The summed E-state index contributed by atoms with van der Waals surface area (Å²) in [5.41, 5.74) is 0.829. The molecule has 0 radical (unpaired) electrons. The first-order valence-electron chi connectivity index (χ1n) is 6.77. The van der Waals surface area contributed by atoms with E-state index in [9.17, 15) is 9.59 Å². The first kappa shape index (κ1) is 13.4. The molecule has 0 spiro atoms. The molecule has 2 aromatic rings. The molecular weight excluding hydrogens is 270 g/mol. The molecule has 108 valence electrons. The fourth-order valence-corrected chi connectivity index (χ4v) is 2.57. The Bertz CT molecular complexity index is 701. The molecule has 0 aliphatic carbocycles. The molecule has 6 nitrogen and oxygen atoms in total. The van der Waals surface area contributed by atoms with Crippen molar-refractivity contribution in [2.75, 3.05) is 18.0 Å². The Morgan fingerprint density at radius 1 is 1.33 bits per heavy atom. The van der Waals surface area contributed by atoms with Gasteiger partial charge in [-0.15, -0.1) is 0 Å². The molecule has 0 saturated carbocycles. The van der Waals surface area contributed by atoms with Crippen LogP contribution in [-0.2, 0) is 9.59 Å². The lowest BCUT2D eigenvalue weighted by Gasteiger charge is -2.35. The van der Waals surface area contributed by atoms with Crippen LogP contribution in [0, 0.1) is 0 Å². The average Bonchev–Trinajstić information content (AvgIpc) is 2.48. The number of aliphatic carboxylic acids is 1. The van der Waals surface area contributed by atoms with Crippen LogP contribution >= 0.6 is 0 Å². The van der Waals surface area contributed by atoms with Crippen LogP contribution < -0.4 is 10.2 Å².